The Bertz CT molecular complexity index is 1150. The number of ether oxygens (including phenoxy) is 1. The van der Waals surface area contributed by atoms with Gasteiger partial charge in [-0.3, -0.25) is 4.79 Å². The van der Waals surface area contributed by atoms with Crippen molar-refractivity contribution in [2.45, 2.75) is 0 Å². The van der Waals surface area contributed by atoms with Gasteiger partial charge < -0.3 is 9.72 Å². The van der Waals surface area contributed by atoms with Crippen molar-refractivity contribution in [1.29, 1.82) is 0 Å². The number of terminal acetylenes is 1. The van der Waals surface area contributed by atoms with Crippen LogP contribution < -0.4 is 16.0 Å². The van der Waals surface area contributed by atoms with E-state index in [-0.39, 0.29) is 22.4 Å². The molecule has 1 heterocycles. The summed E-state index contributed by atoms with van der Waals surface area (Å²) in [6.45, 7) is 0.0226. The Morgan fingerprint density at radius 1 is 1.23 bits per heavy atom. The molecule has 0 bridgehead atoms. The van der Waals surface area contributed by atoms with Gasteiger partial charge in [0.2, 0.25) is 0 Å². The van der Waals surface area contributed by atoms with Crippen molar-refractivity contribution in [3.63, 3.8) is 0 Å². The van der Waals surface area contributed by atoms with Gasteiger partial charge in [-0.2, -0.15) is 5.10 Å². The highest BCUT2D eigenvalue weighted by molar-refractivity contribution is 6.37. The van der Waals surface area contributed by atoms with Crippen LogP contribution in [-0.4, -0.2) is 22.5 Å². The van der Waals surface area contributed by atoms with E-state index >= 15 is 0 Å². The molecule has 3 aromatic rings. The fourth-order valence-electron chi connectivity index (χ4n) is 2.29. The molecule has 0 aliphatic heterocycles. The molecule has 0 aliphatic rings. The number of H-pyrrole nitrogens is 1. The molecule has 6 nitrogen and oxygen atoms in total. The molecule has 1 aromatic heterocycles. The second kappa shape index (κ2) is 7.48. The molecular formula is C18H11Cl2N3O3. The van der Waals surface area contributed by atoms with Gasteiger partial charge in [-0.1, -0.05) is 41.3 Å². The SMILES string of the molecule is C#CCOc1c(Cl)cc(C=Nn2c(=O)[nH]c3ccccc3c2=O)cc1Cl. The third kappa shape index (κ3) is 3.49. The number of nitrogens with zero attached hydrogens (tertiary/aromatic N) is 2. The number of fused-ring (bicyclic) bond motifs is 1. The van der Waals surface area contributed by atoms with Gasteiger partial charge in [-0.15, -0.1) is 11.1 Å². The normalized spacial score (nSPS) is 11.0. The van der Waals surface area contributed by atoms with Crippen molar-refractivity contribution in [1.82, 2.24) is 9.66 Å². The molecule has 130 valence electrons. The van der Waals surface area contributed by atoms with Crippen LogP contribution in [0.15, 0.2) is 51.1 Å². The zero-order valence-electron chi connectivity index (χ0n) is 13.2. The van der Waals surface area contributed by atoms with Crippen molar-refractivity contribution in [2.24, 2.45) is 5.10 Å². The van der Waals surface area contributed by atoms with E-state index in [1.54, 1.807) is 24.3 Å². The second-order valence-electron chi connectivity index (χ2n) is 5.14. The Kier molecular flexibility index (Phi) is 5.12. The molecule has 26 heavy (non-hydrogen) atoms. The first-order chi connectivity index (χ1) is 12.5. The number of halogens is 2. The van der Waals surface area contributed by atoms with E-state index in [9.17, 15) is 9.59 Å². The van der Waals surface area contributed by atoms with E-state index in [1.165, 1.54) is 18.3 Å². The van der Waals surface area contributed by atoms with Crippen molar-refractivity contribution >= 4 is 40.3 Å². The number of hydrogen-bond acceptors (Lipinski definition) is 4. The summed E-state index contributed by atoms with van der Waals surface area (Å²) in [6, 6.07) is 9.72. The molecule has 0 spiro atoms. The number of hydrogen-bond donors (Lipinski definition) is 1. The molecule has 3 rings (SSSR count). The van der Waals surface area contributed by atoms with Gasteiger partial charge in [-0.25, -0.2) is 4.79 Å². The third-order valence-corrected chi connectivity index (χ3v) is 3.99. The topological polar surface area (TPSA) is 76.5 Å². The smallest absolute Gasteiger partial charge is 0.349 e. The summed E-state index contributed by atoms with van der Waals surface area (Å²) >= 11 is 12.2. The fourth-order valence-corrected chi connectivity index (χ4v) is 2.90. The number of para-hydroxylation sites is 1. The Labute approximate surface area is 157 Å². The maximum atomic E-state index is 12.4. The molecule has 0 radical (unpaired) electrons. The van der Waals surface area contributed by atoms with Crippen LogP contribution in [0.1, 0.15) is 5.56 Å². The van der Waals surface area contributed by atoms with Gasteiger partial charge in [0, 0.05) is 0 Å². The van der Waals surface area contributed by atoms with Gasteiger partial charge in [0.1, 0.15) is 6.61 Å². The lowest BCUT2D eigenvalue weighted by Gasteiger charge is -2.08. The fraction of sp³-hybridized carbons (Fsp3) is 0.0556. The molecule has 0 saturated carbocycles. The van der Waals surface area contributed by atoms with E-state index in [0.717, 1.165) is 4.68 Å². The molecule has 8 heteroatoms. The molecule has 2 aromatic carbocycles. The van der Waals surface area contributed by atoms with Crippen molar-refractivity contribution in [3.8, 4) is 18.1 Å². The van der Waals surface area contributed by atoms with Gasteiger partial charge >= 0.3 is 5.69 Å². The first-order valence-corrected chi connectivity index (χ1v) is 8.10. The Morgan fingerprint density at radius 2 is 1.92 bits per heavy atom. The van der Waals surface area contributed by atoms with Crippen LogP contribution in [0.4, 0.5) is 0 Å². The van der Waals surface area contributed by atoms with E-state index in [1.807, 2.05) is 0 Å². The zero-order chi connectivity index (χ0) is 18.7. The molecule has 0 amide bonds. The van der Waals surface area contributed by atoms with Crippen LogP contribution in [0.25, 0.3) is 10.9 Å². The first kappa shape index (κ1) is 17.8. The van der Waals surface area contributed by atoms with Crippen LogP contribution in [0, 0.1) is 12.3 Å². The molecule has 1 N–H and O–H groups in total. The van der Waals surface area contributed by atoms with E-state index in [4.69, 9.17) is 34.4 Å². The largest absolute Gasteiger partial charge is 0.478 e. The maximum Gasteiger partial charge on any atom is 0.349 e. The molecule has 0 aliphatic carbocycles. The Morgan fingerprint density at radius 3 is 2.62 bits per heavy atom. The van der Waals surface area contributed by atoms with Crippen molar-refractivity contribution in [3.05, 3.63) is 72.8 Å². The summed E-state index contributed by atoms with van der Waals surface area (Å²) in [5, 5.41) is 4.75. The highest BCUT2D eigenvalue weighted by atomic mass is 35.5. The van der Waals surface area contributed by atoms with Crippen LogP contribution in [0.2, 0.25) is 10.0 Å². The van der Waals surface area contributed by atoms with Crippen molar-refractivity contribution < 1.29 is 4.74 Å². The van der Waals surface area contributed by atoms with Crippen LogP contribution in [0.5, 0.6) is 5.75 Å². The van der Waals surface area contributed by atoms with Gasteiger partial charge in [0.05, 0.1) is 27.2 Å². The molecular weight excluding hydrogens is 377 g/mol. The molecule has 0 atom stereocenters. The lowest BCUT2D eigenvalue weighted by Crippen LogP contribution is -2.32. The first-order valence-electron chi connectivity index (χ1n) is 7.35. The van der Waals surface area contributed by atoms with Gasteiger partial charge in [-0.05, 0) is 29.8 Å². The highest BCUT2D eigenvalue weighted by Gasteiger charge is 2.10. The number of rotatable bonds is 4. The molecule has 0 saturated heterocycles. The monoisotopic (exact) mass is 387 g/mol. The van der Waals surface area contributed by atoms with Gasteiger partial charge in [0.15, 0.2) is 5.75 Å². The minimum absolute atomic E-state index is 0.0226. The lowest BCUT2D eigenvalue weighted by molar-refractivity contribution is 0.371. The lowest BCUT2D eigenvalue weighted by atomic mass is 10.2. The van der Waals surface area contributed by atoms with Gasteiger partial charge in [0.25, 0.3) is 5.56 Å². The Balaban J connectivity index is 2.01. The highest BCUT2D eigenvalue weighted by Crippen LogP contribution is 2.33. The summed E-state index contributed by atoms with van der Waals surface area (Å²) in [5.74, 6) is 2.57. The number of benzene rings is 2. The predicted octanol–water partition coefficient (Wildman–Crippen LogP) is 2.89. The van der Waals surface area contributed by atoms with E-state index in [2.05, 4.69) is 16.0 Å². The number of aromatic nitrogens is 2. The summed E-state index contributed by atoms with van der Waals surface area (Å²) in [6.07, 6.45) is 6.44. The molecule has 0 fully saturated rings. The number of nitrogens with one attached hydrogen (secondary N) is 1. The maximum absolute atomic E-state index is 12.4. The average Bonchev–Trinajstić information content (AvgIpc) is 2.61. The zero-order valence-corrected chi connectivity index (χ0v) is 14.7. The summed E-state index contributed by atoms with van der Waals surface area (Å²) in [7, 11) is 0. The molecule has 0 unspecified atom stereocenters. The Hall–Kier alpha value is -3.01. The third-order valence-electron chi connectivity index (χ3n) is 3.43. The quantitative estimate of drug-likeness (QED) is 0.552. The standard InChI is InChI=1S/C18H11Cl2N3O3/c1-2-7-26-16-13(19)8-11(9-14(16)20)10-21-23-17(24)12-5-3-4-6-15(12)22-18(23)25/h1,3-6,8-10H,7H2,(H,22,25). The van der Waals surface area contributed by atoms with Crippen molar-refractivity contribution in [2.75, 3.05) is 6.61 Å². The summed E-state index contributed by atoms with van der Waals surface area (Å²) < 4.78 is 6.00. The second-order valence-corrected chi connectivity index (χ2v) is 5.96. The number of aromatic amines is 1. The van der Waals surface area contributed by atoms with Crippen LogP contribution in [-0.2, 0) is 0 Å². The minimum atomic E-state index is -0.656. The summed E-state index contributed by atoms with van der Waals surface area (Å²) in [5.41, 5.74) is -0.273. The van der Waals surface area contributed by atoms with E-state index in [0.29, 0.717) is 16.5 Å². The van der Waals surface area contributed by atoms with E-state index < -0.39 is 11.2 Å². The van der Waals surface area contributed by atoms with Crippen LogP contribution >= 0.6 is 23.2 Å². The van der Waals surface area contributed by atoms with Crippen LogP contribution in [0.3, 0.4) is 0 Å². The summed E-state index contributed by atoms with van der Waals surface area (Å²) in [4.78, 5) is 27.1. The average molecular weight is 388 g/mol. The predicted molar refractivity (Wildman–Crippen MR) is 103 cm³/mol. The minimum Gasteiger partial charge on any atom is -0.478 e.